The van der Waals surface area contributed by atoms with Gasteiger partial charge in [-0.1, -0.05) is 18.7 Å². The minimum Gasteiger partial charge on any atom is -0.378 e. The summed E-state index contributed by atoms with van der Waals surface area (Å²) >= 11 is 1.43. The second kappa shape index (κ2) is 8.15. The molecule has 0 saturated carbocycles. The first-order valence-electron chi connectivity index (χ1n) is 8.06. The number of morpholine rings is 1. The van der Waals surface area contributed by atoms with Crippen molar-refractivity contribution < 1.29 is 14.5 Å². The van der Waals surface area contributed by atoms with Crippen LogP contribution in [0, 0.1) is 10.1 Å². The van der Waals surface area contributed by atoms with Crippen LogP contribution in [0.3, 0.4) is 0 Å². The summed E-state index contributed by atoms with van der Waals surface area (Å²) in [5, 5.41) is 21.1. The number of hydrogen-bond donors (Lipinski definition) is 2. The topological polar surface area (TPSA) is 126 Å². The molecule has 138 valence electrons. The van der Waals surface area contributed by atoms with E-state index >= 15 is 0 Å². The van der Waals surface area contributed by atoms with E-state index in [-0.39, 0.29) is 17.2 Å². The van der Waals surface area contributed by atoms with Crippen LogP contribution in [-0.2, 0) is 4.74 Å². The molecule has 1 aliphatic rings. The van der Waals surface area contributed by atoms with Gasteiger partial charge in [0.2, 0.25) is 11.1 Å². The van der Waals surface area contributed by atoms with Crippen LogP contribution in [-0.4, -0.2) is 58.1 Å². The number of nitro groups is 1. The van der Waals surface area contributed by atoms with E-state index in [0.29, 0.717) is 37.1 Å². The summed E-state index contributed by atoms with van der Waals surface area (Å²) in [6.07, 6.45) is 0. The molecule has 10 nitrogen and oxygen atoms in total. The maximum absolute atomic E-state index is 12.4. The van der Waals surface area contributed by atoms with Crippen molar-refractivity contribution in [2.24, 2.45) is 0 Å². The van der Waals surface area contributed by atoms with Crippen molar-refractivity contribution in [2.45, 2.75) is 12.1 Å². The van der Waals surface area contributed by atoms with Crippen molar-refractivity contribution in [1.29, 1.82) is 0 Å². The van der Waals surface area contributed by atoms with Gasteiger partial charge in [0.05, 0.1) is 18.1 Å². The monoisotopic (exact) mass is 378 g/mol. The summed E-state index contributed by atoms with van der Waals surface area (Å²) in [4.78, 5) is 29.4. The fraction of sp³-hybridized carbons (Fsp3) is 0.400. The molecule has 1 saturated heterocycles. The van der Waals surface area contributed by atoms with Crippen LogP contribution in [0.1, 0.15) is 17.3 Å². The standard InChI is InChI=1S/C15H18N6O4S/c1-2-26-15-17-14(18-19-15)16-13(22)10-3-4-11(12(9-10)21(23)24)20-5-7-25-8-6-20/h3-4,9H,2,5-8H2,1H3,(H2,16,17,18,19,22). The molecule has 0 atom stereocenters. The zero-order valence-corrected chi connectivity index (χ0v) is 14.9. The van der Waals surface area contributed by atoms with Gasteiger partial charge in [-0.05, 0) is 17.9 Å². The van der Waals surface area contributed by atoms with E-state index in [2.05, 4.69) is 20.5 Å². The first-order chi connectivity index (χ1) is 12.6. The number of carbonyl (C=O) groups is 1. The Morgan fingerprint density at radius 1 is 1.46 bits per heavy atom. The molecule has 1 fully saturated rings. The third kappa shape index (κ3) is 4.11. The van der Waals surface area contributed by atoms with Crippen molar-refractivity contribution >= 4 is 35.0 Å². The number of rotatable bonds is 6. The molecule has 26 heavy (non-hydrogen) atoms. The van der Waals surface area contributed by atoms with Crippen molar-refractivity contribution in [1.82, 2.24) is 15.2 Å². The molecule has 0 bridgehead atoms. The van der Waals surface area contributed by atoms with Gasteiger partial charge < -0.3 is 9.64 Å². The number of nitrogens with one attached hydrogen (secondary N) is 2. The number of amides is 1. The highest BCUT2D eigenvalue weighted by Gasteiger charge is 2.23. The Balaban J connectivity index is 1.79. The third-order valence-corrected chi connectivity index (χ3v) is 4.49. The molecule has 0 spiro atoms. The van der Waals surface area contributed by atoms with Crippen molar-refractivity contribution in [3.8, 4) is 0 Å². The summed E-state index contributed by atoms with van der Waals surface area (Å²) in [6, 6.07) is 4.43. The maximum atomic E-state index is 12.4. The molecule has 2 heterocycles. The van der Waals surface area contributed by atoms with E-state index in [0.717, 1.165) is 5.75 Å². The van der Waals surface area contributed by atoms with Gasteiger partial charge in [-0.15, -0.1) is 5.10 Å². The second-order valence-electron chi connectivity index (χ2n) is 5.41. The van der Waals surface area contributed by atoms with Gasteiger partial charge in [-0.2, -0.15) is 4.98 Å². The van der Waals surface area contributed by atoms with Crippen molar-refractivity contribution in [2.75, 3.05) is 42.3 Å². The highest BCUT2D eigenvalue weighted by molar-refractivity contribution is 7.99. The van der Waals surface area contributed by atoms with Gasteiger partial charge in [0.25, 0.3) is 11.6 Å². The van der Waals surface area contributed by atoms with Crippen LogP contribution in [0.4, 0.5) is 17.3 Å². The zero-order valence-electron chi connectivity index (χ0n) is 14.1. The largest absolute Gasteiger partial charge is 0.378 e. The first kappa shape index (κ1) is 18.1. The summed E-state index contributed by atoms with van der Waals surface area (Å²) in [5.41, 5.74) is 0.547. The number of aromatic nitrogens is 3. The van der Waals surface area contributed by atoms with Crippen LogP contribution in [0.25, 0.3) is 0 Å². The molecule has 0 aliphatic carbocycles. The number of thioether (sulfide) groups is 1. The van der Waals surface area contributed by atoms with Crippen LogP contribution in [0.2, 0.25) is 0 Å². The third-order valence-electron chi connectivity index (χ3n) is 3.76. The molecule has 11 heteroatoms. The van der Waals surface area contributed by atoms with Crippen molar-refractivity contribution in [3.05, 3.63) is 33.9 Å². The minimum atomic E-state index is -0.495. The lowest BCUT2D eigenvalue weighted by Gasteiger charge is -2.28. The highest BCUT2D eigenvalue weighted by Crippen LogP contribution is 2.30. The van der Waals surface area contributed by atoms with Gasteiger partial charge in [0.1, 0.15) is 5.69 Å². The molecular formula is C15H18N6O4S. The SMILES string of the molecule is CCSc1n[nH]c(NC(=O)c2ccc(N3CCOCC3)c([N+](=O)[O-])c2)n1. The Morgan fingerprint density at radius 2 is 2.23 bits per heavy atom. The average molecular weight is 378 g/mol. The maximum Gasteiger partial charge on any atom is 0.293 e. The lowest BCUT2D eigenvalue weighted by atomic mass is 10.1. The van der Waals surface area contributed by atoms with E-state index in [1.54, 1.807) is 12.1 Å². The molecule has 1 aromatic heterocycles. The summed E-state index contributed by atoms with van der Waals surface area (Å²) in [5.74, 6) is 0.511. The highest BCUT2D eigenvalue weighted by atomic mass is 32.2. The van der Waals surface area contributed by atoms with E-state index in [1.165, 1.54) is 17.8 Å². The van der Waals surface area contributed by atoms with Crippen LogP contribution >= 0.6 is 11.8 Å². The Kier molecular flexibility index (Phi) is 5.68. The summed E-state index contributed by atoms with van der Waals surface area (Å²) < 4.78 is 5.28. The lowest BCUT2D eigenvalue weighted by molar-refractivity contribution is -0.384. The molecule has 1 aromatic carbocycles. The van der Waals surface area contributed by atoms with Gasteiger partial charge >= 0.3 is 0 Å². The fourth-order valence-corrected chi connectivity index (χ4v) is 3.08. The number of hydrogen-bond acceptors (Lipinski definition) is 8. The fourth-order valence-electron chi connectivity index (χ4n) is 2.56. The molecule has 1 amide bonds. The van der Waals surface area contributed by atoms with E-state index < -0.39 is 10.8 Å². The second-order valence-corrected chi connectivity index (χ2v) is 6.64. The number of nitrogens with zero attached hydrogens (tertiary/aromatic N) is 4. The van der Waals surface area contributed by atoms with Crippen LogP contribution < -0.4 is 10.2 Å². The Bertz CT molecular complexity index is 805. The molecule has 2 aromatic rings. The zero-order chi connectivity index (χ0) is 18.5. The Hall–Kier alpha value is -2.66. The number of carbonyl (C=O) groups excluding carboxylic acids is 1. The molecule has 3 rings (SSSR count). The number of anilines is 2. The minimum absolute atomic E-state index is 0.112. The number of nitro benzene ring substituents is 1. The van der Waals surface area contributed by atoms with E-state index in [1.807, 2.05) is 11.8 Å². The van der Waals surface area contributed by atoms with E-state index in [9.17, 15) is 14.9 Å². The molecule has 0 radical (unpaired) electrons. The van der Waals surface area contributed by atoms with Gasteiger partial charge in [-0.3, -0.25) is 20.2 Å². The number of H-pyrrole nitrogens is 1. The lowest BCUT2D eigenvalue weighted by Crippen LogP contribution is -2.36. The number of benzene rings is 1. The predicted octanol–water partition coefficient (Wildman–Crippen LogP) is 1.91. The predicted molar refractivity (Wildman–Crippen MR) is 96.9 cm³/mol. The molecular weight excluding hydrogens is 360 g/mol. The smallest absolute Gasteiger partial charge is 0.293 e. The Labute approximate surface area is 153 Å². The molecule has 2 N–H and O–H groups in total. The van der Waals surface area contributed by atoms with E-state index in [4.69, 9.17) is 4.74 Å². The van der Waals surface area contributed by atoms with Gasteiger partial charge in [0.15, 0.2) is 0 Å². The summed E-state index contributed by atoms with van der Waals surface area (Å²) in [6.45, 7) is 4.14. The van der Waals surface area contributed by atoms with Crippen LogP contribution in [0.15, 0.2) is 23.4 Å². The first-order valence-corrected chi connectivity index (χ1v) is 9.04. The average Bonchev–Trinajstić information content (AvgIpc) is 3.09. The number of aromatic amines is 1. The Morgan fingerprint density at radius 3 is 2.92 bits per heavy atom. The molecule has 1 aliphatic heterocycles. The molecule has 0 unspecified atom stereocenters. The van der Waals surface area contributed by atoms with Crippen molar-refractivity contribution in [3.63, 3.8) is 0 Å². The quantitative estimate of drug-likeness (QED) is 0.443. The van der Waals surface area contributed by atoms with Crippen LogP contribution in [0.5, 0.6) is 0 Å². The summed E-state index contributed by atoms with van der Waals surface area (Å²) in [7, 11) is 0. The normalized spacial score (nSPS) is 14.3. The number of ether oxygens (including phenoxy) is 1. The van der Waals surface area contributed by atoms with Gasteiger partial charge in [0, 0.05) is 24.7 Å². The van der Waals surface area contributed by atoms with Gasteiger partial charge in [-0.25, -0.2) is 5.10 Å².